The van der Waals surface area contributed by atoms with Gasteiger partial charge in [-0.3, -0.25) is 14.7 Å². The molecule has 6 saturated heterocycles. The number of likely N-dealkylation sites (tertiary alicyclic amines) is 3. The van der Waals surface area contributed by atoms with Crippen LogP contribution in [0.25, 0.3) is 0 Å². The fraction of sp³-hybridized carbons (Fsp3) is 1.00. The molecule has 3 nitrogen and oxygen atoms in total. The molecule has 85 heavy (non-hydrogen) atoms. The Hall–Kier alpha value is 0.995. The lowest BCUT2D eigenvalue weighted by Crippen LogP contribution is -2.58. The van der Waals surface area contributed by atoms with E-state index in [0.717, 1.165) is 217 Å². The van der Waals surface area contributed by atoms with Crippen LogP contribution in [0, 0.1) is 107 Å². The number of nitrogens with zero attached hydrogens (tertiary/aromatic N) is 3. The summed E-state index contributed by atoms with van der Waals surface area (Å²) in [4.78, 5) is 10.4. The van der Waals surface area contributed by atoms with Crippen molar-refractivity contribution >= 4 is 42.0 Å². The zero-order valence-electron chi connectivity index (χ0n) is 55.4. The molecular formula is C78H126BN3S3. The van der Waals surface area contributed by atoms with E-state index in [0.29, 0.717) is 0 Å². The first-order valence-electron chi connectivity index (χ1n) is 39.9. The van der Waals surface area contributed by atoms with E-state index in [4.69, 9.17) is 0 Å². The Labute approximate surface area is 535 Å². The summed E-state index contributed by atoms with van der Waals surface area (Å²) in [7, 11) is 0. The van der Waals surface area contributed by atoms with E-state index in [1.54, 1.807) is 96.3 Å². The first-order chi connectivity index (χ1) is 41.6. The molecule has 18 aliphatic rings. The molecule has 6 aliphatic heterocycles. The highest BCUT2D eigenvalue weighted by Crippen LogP contribution is 2.68. The second kappa shape index (κ2) is 23.4. The van der Waals surface area contributed by atoms with Crippen LogP contribution in [0.3, 0.4) is 0 Å². The van der Waals surface area contributed by atoms with E-state index in [1.165, 1.54) is 135 Å². The molecule has 474 valence electrons. The van der Waals surface area contributed by atoms with Gasteiger partial charge in [0.05, 0.1) is 0 Å². The van der Waals surface area contributed by atoms with Gasteiger partial charge in [-0.05, 0) is 261 Å². The van der Waals surface area contributed by atoms with Crippen molar-refractivity contribution in [2.75, 3.05) is 0 Å². The molecule has 12 saturated carbocycles. The second-order valence-electron chi connectivity index (χ2n) is 37.0. The van der Waals surface area contributed by atoms with Crippen molar-refractivity contribution in [2.24, 2.45) is 107 Å². The van der Waals surface area contributed by atoms with Crippen LogP contribution in [0.1, 0.15) is 273 Å². The maximum atomic E-state index is 3.47. The lowest BCUT2D eigenvalue weighted by atomic mass is 9.18. The van der Waals surface area contributed by atoms with Crippen LogP contribution in [0.2, 0.25) is 17.5 Å². The molecule has 18 rings (SSSR count). The van der Waals surface area contributed by atoms with Gasteiger partial charge < -0.3 is 0 Å². The van der Waals surface area contributed by atoms with Gasteiger partial charge in [0.2, 0.25) is 0 Å². The highest BCUT2D eigenvalue weighted by Gasteiger charge is 2.65. The summed E-state index contributed by atoms with van der Waals surface area (Å²) in [5, 5.41) is 6.00. The first kappa shape index (κ1) is 58.6. The molecule has 7 heteroatoms. The fourth-order valence-corrected chi connectivity index (χ4v) is 37.9. The molecule has 30 unspecified atom stereocenters. The smallest absolute Gasteiger partial charge is 0.151 e. The van der Waals surface area contributed by atoms with Gasteiger partial charge in [-0.2, -0.15) is 35.3 Å². The molecule has 0 aromatic carbocycles. The topological polar surface area (TPSA) is 9.72 Å². The predicted octanol–water partition coefficient (Wildman–Crippen LogP) is 19.7. The van der Waals surface area contributed by atoms with Crippen LogP contribution in [0.4, 0.5) is 0 Å². The molecule has 18 fully saturated rings. The summed E-state index contributed by atoms with van der Waals surface area (Å²) in [6.45, 7) is 18.5. The summed E-state index contributed by atoms with van der Waals surface area (Å²) >= 11 is 7.69. The fourth-order valence-electron chi connectivity index (χ4n) is 31.5. The summed E-state index contributed by atoms with van der Waals surface area (Å²) in [5.41, 5.74) is 0. The highest BCUT2D eigenvalue weighted by molar-refractivity contribution is 8.01. The van der Waals surface area contributed by atoms with Crippen molar-refractivity contribution in [2.45, 2.75) is 376 Å². The molecular weight excluding hydrogens is 1090 g/mol. The number of hydrogen-bond acceptors (Lipinski definition) is 6. The average molecular weight is 1210 g/mol. The zero-order valence-corrected chi connectivity index (χ0v) is 57.8. The lowest BCUT2D eigenvalue weighted by molar-refractivity contribution is 0.0238. The van der Waals surface area contributed by atoms with Crippen LogP contribution in [0.5, 0.6) is 0 Å². The summed E-state index contributed by atoms with van der Waals surface area (Å²) in [5.74, 6) is 20.4. The van der Waals surface area contributed by atoms with E-state index in [-0.39, 0.29) is 0 Å². The Morgan fingerprint density at radius 2 is 0.471 bits per heavy atom. The Bertz CT molecular complexity index is 2080. The third-order valence-corrected chi connectivity index (χ3v) is 39.1. The van der Waals surface area contributed by atoms with E-state index in [9.17, 15) is 0 Å². The van der Waals surface area contributed by atoms with Gasteiger partial charge in [-0.1, -0.05) is 136 Å². The van der Waals surface area contributed by atoms with Crippen molar-refractivity contribution in [1.29, 1.82) is 0 Å². The number of fused-ring (bicyclic) bond motifs is 18. The van der Waals surface area contributed by atoms with Gasteiger partial charge >= 0.3 is 0 Å². The monoisotopic (exact) mass is 1210 g/mol. The molecule has 0 aromatic rings. The van der Waals surface area contributed by atoms with Crippen LogP contribution in [0.15, 0.2) is 0 Å². The SMILES string of the molecule is CC1CC(N2C3CCCCC3C3CC4C(CC32)SC2CCCCC24)CC(C)C1B(C1C(C)CC(N2C3CCCCC3C3CC4C(CC32)SC2CCCCC24)CC1C)C1C(C)CC(N2C3CCCCC3C3CC4C(CC32)SC2CCCCC24)CC1C. The highest BCUT2D eigenvalue weighted by atomic mass is 32.2. The van der Waals surface area contributed by atoms with Crippen molar-refractivity contribution in [3.63, 3.8) is 0 Å². The normalized spacial score (nSPS) is 59.1. The minimum atomic E-state index is 0.844. The van der Waals surface area contributed by atoms with E-state index < -0.39 is 0 Å². The third-order valence-electron chi connectivity index (χ3n) is 33.6. The summed E-state index contributed by atoms with van der Waals surface area (Å²) in [6, 6.07) is 8.00. The lowest BCUT2D eigenvalue weighted by Gasteiger charge is -2.58. The van der Waals surface area contributed by atoms with Crippen molar-refractivity contribution in [1.82, 2.24) is 14.7 Å². The Morgan fingerprint density at radius 1 is 0.224 bits per heavy atom. The van der Waals surface area contributed by atoms with Crippen molar-refractivity contribution < 1.29 is 0 Å². The van der Waals surface area contributed by atoms with Crippen molar-refractivity contribution in [3.8, 4) is 0 Å². The van der Waals surface area contributed by atoms with E-state index >= 15 is 0 Å². The number of hydrogen-bond donors (Lipinski definition) is 0. The molecule has 0 bridgehead atoms. The molecule has 0 amide bonds. The standard InChI is InChI=1S/C78H126BN3S3/c1-43-31-49(80-64-25-13-7-19-52(64)58-37-61-55-22-10-16-28-70(55)83-73(61)40-67(58)80)32-44(2)76(43)79(77-45(3)33-50(34-46(77)4)81-65-26-14-8-20-53(65)59-38-62-56-23-11-17-29-71(56)84-74(62)41-68(59)81)78-47(5)35-51(36-48(78)6)82-66-27-15-9-21-54(66)60-39-63-57-24-12-18-30-72(57)85-75(63)42-69(60)82/h43-78H,7-42H2,1-6H3. The minimum absolute atomic E-state index is 0.844. The summed E-state index contributed by atoms with van der Waals surface area (Å²) in [6.07, 6.45) is 55.9. The molecule has 0 aromatic heterocycles. The molecule has 0 N–H and O–H groups in total. The van der Waals surface area contributed by atoms with Gasteiger partial charge in [0.1, 0.15) is 0 Å². The van der Waals surface area contributed by atoms with E-state index in [2.05, 4.69) is 91.5 Å². The number of thioether (sulfide) groups is 3. The Balaban J connectivity index is 0.644. The Kier molecular flexibility index (Phi) is 16.1. The maximum absolute atomic E-state index is 3.47. The minimum Gasteiger partial charge on any atom is -0.294 e. The zero-order chi connectivity index (χ0) is 56.7. The van der Waals surface area contributed by atoms with Crippen LogP contribution in [-0.2, 0) is 0 Å². The van der Waals surface area contributed by atoms with Gasteiger partial charge in [-0.15, -0.1) is 0 Å². The van der Waals surface area contributed by atoms with Gasteiger partial charge in [0.25, 0.3) is 0 Å². The van der Waals surface area contributed by atoms with E-state index in [1.807, 2.05) is 0 Å². The molecule has 30 atom stereocenters. The predicted molar refractivity (Wildman–Crippen MR) is 365 cm³/mol. The molecule has 0 spiro atoms. The summed E-state index contributed by atoms with van der Waals surface area (Å²) < 4.78 is 0. The maximum Gasteiger partial charge on any atom is 0.151 e. The third kappa shape index (κ3) is 9.60. The Morgan fingerprint density at radius 3 is 0.753 bits per heavy atom. The largest absolute Gasteiger partial charge is 0.294 e. The molecule has 6 heterocycles. The first-order valence-corrected chi connectivity index (χ1v) is 42.7. The quantitative estimate of drug-likeness (QED) is 0.244. The van der Waals surface area contributed by atoms with Gasteiger partial charge in [-0.25, -0.2) is 0 Å². The van der Waals surface area contributed by atoms with Crippen LogP contribution >= 0.6 is 35.3 Å². The number of rotatable bonds is 6. The average Bonchev–Trinajstić information content (AvgIpc) is 2.05. The van der Waals surface area contributed by atoms with Gasteiger partial charge in [0, 0.05) is 85.9 Å². The van der Waals surface area contributed by atoms with Crippen molar-refractivity contribution in [3.05, 3.63) is 0 Å². The molecule has 0 radical (unpaired) electrons. The van der Waals surface area contributed by atoms with Crippen LogP contribution < -0.4 is 0 Å². The molecule has 12 aliphatic carbocycles. The van der Waals surface area contributed by atoms with Crippen LogP contribution in [-0.4, -0.2) is 107 Å². The second-order valence-corrected chi connectivity index (χ2v) is 41.5. The van der Waals surface area contributed by atoms with Gasteiger partial charge in [0.15, 0.2) is 6.71 Å².